The molecule has 104 valence electrons. The second-order valence-corrected chi connectivity index (χ2v) is 4.85. The number of carboxylic acid groups (broad SMARTS) is 1. The van der Waals surface area contributed by atoms with Crippen molar-refractivity contribution in [2.24, 2.45) is 0 Å². The summed E-state index contributed by atoms with van der Waals surface area (Å²) in [4.78, 5) is 11.0. The first-order valence-electron chi connectivity index (χ1n) is 6.78. The van der Waals surface area contributed by atoms with Crippen molar-refractivity contribution < 1.29 is 9.90 Å². The maximum absolute atomic E-state index is 11.0. The van der Waals surface area contributed by atoms with Crippen LogP contribution in [-0.2, 0) is 6.42 Å². The van der Waals surface area contributed by atoms with E-state index in [0.29, 0.717) is 5.56 Å². The average molecular weight is 269 g/mol. The summed E-state index contributed by atoms with van der Waals surface area (Å²) in [5.74, 6) is -0.891. The number of carbonyl (C=O) groups is 1. The second kappa shape index (κ2) is 6.75. The van der Waals surface area contributed by atoms with E-state index in [2.05, 4.69) is 17.4 Å². The Hall–Kier alpha value is -2.29. The molecule has 2 aromatic rings. The minimum atomic E-state index is -0.891. The SMILES string of the molecule is Cc1ccc(C(=O)O)cc1NCCCc1ccccc1. The molecule has 2 aromatic carbocycles. The fourth-order valence-electron chi connectivity index (χ4n) is 2.11. The van der Waals surface area contributed by atoms with Gasteiger partial charge in [-0.2, -0.15) is 0 Å². The van der Waals surface area contributed by atoms with Crippen molar-refractivity contribution in [1.29, 1.82) is 0 Å². The quantitative estimate of drug-likeness (QED) is 0.785. The molecule has 2 N–H and O–H groups in total. The van der Waals surface area contributed by atoms with Crippen molar-refractivity contribution in [2.45, 2.75) is 19.8 Å². The molecule has 0 fully saturated rings. The van der Waals surface area contributed by atoms with Gasteiger partial charge in [-0.3, -0.25) is 0 Å². The van der Waals surface area contributed by atoms with E-state index in [-0.39, 0.29) is 0 Å². The van der Waals surface area contributed by atoms with Gasteiger partial charge < -0.3 is 10.4 Å². The zero-order valence-electron chi connectivity index (χ0n) is 11.6. The predicted octanol–water partition coefficient (Wildman–Crippen LogP) is 3.74. The smallest absolute Gasteiger partial charge is 0.335 e. The lowest BCUT2D eigenvalue weighted by molar-refractivity contribution is 0.0697. The maximum atomic E-state index is 11.0. The standard InChI is InChI=1S/C17H19NO2/c1-13-9-10-15(17(19)20)12-16(13)18-11-5-8-14-6-3-2-4-7-14/h2-4,6-7,9-10,12,18H,5,8,11H2,1H3,(H,19,20). The van der Waals surface area contributed by atoms with Gasteiger partial charge in [-0.05, 0) is 43.0 Å². The highest BCUT2D eigenvalue weighted by Gasteiger charge is 2.05. The highest BCUT2D eigenvalue weighted by Crippen LogP contribution is 2.17. The number of aryl methyl sites for hydroxylation is 2. The summed E-state index contributed by atoms with van der Waals surface area (Å²) in [7, 11) is 0. The van der Waals surface area contributed by atoms with Crippen molar-refractivity contribution in [1.82, 2.24) is 0 Å². The van der Waals surface area contributed by atoms with Gasteiger partial charge in [0.25, 0.3) is 0 Å². The highest BCUT2D eigenvalue weighted by atomic mass is 16.4. The molecule has 0 atom stereocenters. The molecule has 0 saturated heterocycles. The predicted molar refractivity (Wildman–Crippen MR) is 81.4 cm³/mol. The summed E-state index contributed by atoms with van der Waals surface area (Å²) in [6.45, 7) is 2.81. The zero-order chi connectivity index (χ0) is 14.4. The van der Waals surface area contributed by atoms with E-state index in [1.807, 2.05) is 31.2 Å². The Balaban J connectivity index is 1.88. The van der Waals surface area contributed by atoms with Gasteiger partial charge in [0.15, 0.2) is 0 Å². The molecule has 0 aromatic heterocycles. The minimum absolute atomic E-state index is 0.321. The van der Waals surface area contributed by atoms with E-state index >= 15 is 0 Å². The van der Waals surface area contributed by atoms with E-state index in [9.17, 15) is 4.79 Å². The summed E-state index contributed by atoms with van der Waals surface area (Å²) in [6.07, 6.45) is 2.03. The van der Waals surface area contributed by atoms with Crippen LogP contribution in [0, 0.1) is 6.92 Å². The Bertz CT molecular complexity index is 579. The number of nitrogens with one attached hydrogen (secondary N) is 1. The maximum Gasteiger partial charge on any atom is 0.335 e. The lowest BCUT2D eigenvalue weighted by Gasteiger charge is -2.10. The average Bonchev–Trinajstić information content (AvgIpc) is 2.46. The van der Waals surface area contributed by atoms with Gasteiger partial charge in [0, 0.05) is 12.2 Å². The van der Waals surface area contributed by atoms with Crippen LogP contribution in [0.1, 0.15) is 27.9 Å². The second-order valence-electron chi connectivity index (χ2n) is 4.85. The fraction of sp³-hybridized carbons (Fsp3) is 0.235. The van der Waals surface area contributed by atoms with E-state index in [4.69, 9.17) is 5.11 Å². The Kier molecular flexibility index (Phi) is 4.77. The number of aromatic carboxylic acids is 1. The highest BCUT2D eigenvalue weighted by molar-refractivity contribution is 5.89. The number of hydrogen-bond donors (Lipinski definition) is 2. The van der Waals surface area contributed by atoms with E-state index in [0.717, 1.165) is 30.6 Å². The lowest BCUT2D eigenvalue weighted by atomic mass is 10.1. The summed E-state index contributed by atoms with van der Waals surface area (Å²) >= 11 is 0. The van der Waals surface area contributed by atoms with Gasteiger partial charge >= 0.3 is 5.97 Å². The molecule has 0 bridgehead atoms. The molecular weight excluding hydrogens is 250 g/mol. The molecule has 0 spiro atoms. The van der Waals surface area contributed by atoms with Crippen molar-refractivity contribution in [3.63, 3.8) is 0 Å². The first-order chi connectivity index (χ1) is 9.66. The van der Waals surface area contributed by atoms with Crippen molar-refractivity contribution >= 4 is 11.7 Å². The van der Waals surface area contributed by atoms with E-state index < -0.39 is 5.97 Å². The first kappa shape index (κ1) is 14.1. The minimum Gasteiger partial charge on any atom is -0.478 e. The third-order valence-electron chi connectivity index (χ3n) is 3.29. The monoisotopic (exact) mass is 269 g/mol. The van der Waals surface area contributed by atoms with Crippen molar-refractivity contribution in [3.05, 3.63) is 65.2 Å². The molecule has 20 heavy (non-hydrogen) atoms. The Labute approximate surface area is 119 Å². The normalized spacial score (nSPS) is 10.2. The van der Waals surface area contributed by atoms with Gasteiger partial charge in [0.05, 0.1) is 5.56 Å². The molecule has 3 heteroatoms. The molecule has 0 heterocycles. The molecule has 3 nitrogen and oxygen atoms in total. The van der Waals surface area contributed by atoms with Crippen LogP contribution in [0.2, 0.25) is 0 Å². The first-order valence-corrected chi connectivity index (χ1v) is 6.78. The number of anilines is 1. The van der Waals surface area contributed by atoms with E-state index in [1.54, 1.807) is 12.1 Å². The summed E-state index contributed by atoms with van der Waals surface area (Å²) in [5, 5.41) is 12.3. The topological polar surface area (TPSA) is 49.3 Å². The molecular formula is C17H19NO2. The number of carboxylic acids is 1. The zero-order valence-corrected chi connectivity index (χ0v) is 11.6. The molecule has 0 aliphatic heterocycles. The molecule has 0 aliphatic carbocycles. The Morgan fingerprint density at radius 3 is 2.60 bits per heavy atom. The summed E-state index contributed by atoms with van der Waals surface area (Å²) in [5.41, 5.74) is 3.61. The van der Waals surface area contributed by atoms with Gasteiger partial charge in [-0.1, -0.05) is 36.4 Å². The van der Waals surface area contributed by atoms with Crippen LogP contribution in [-0.4, -0.2) is 17.6 Å². The molecule has 0 aliphatic rings. The van der Waals surface area contributed by atoms with Crippen LogP contribution in [0.3, 0.4) is 0 Å². The largest absolute Gasteiger partial charge is 0.478 e. The summed E-state index contributed by atoms with van der Waals surface area (Å²) < 4.78 is 0. The van der Waals surface area contributed by atoms with Crippen LogP contribution in [0.15, 0.2) is 48.5 Å². The van der Waals surface area contributed by atoms with Crippen LogP contribution < -0.4 is 5.32 Å². The molecule has 0 unspecified atom stereocenters. The lowest BCUT2D eigenvalue weighted by Crippen LogP contribution is -2.06. The van der Waals surface area contributed by atoms with Gasteiger partial charge in [-0.25, -0.2) is 4.79 Å². The van der Waals surface area contributed by atoms with E-state index in [1.165, 1.54) is 5.56 Å². The molecule has 2 rings (SSSR count). The van der Waals surface area contributed by atoms with Gasteiger partial charge in [0.1, 0.15) is 0 Å². The number of benzene rings is 2. The molecule has 0 radical (unpaired) electrons. The van der Waals surface area contributed by atoms with Crippen LogP contribution in [0.5, 0.6) is 0 Å². The van der Waals surface area contributed by atoms with Crippen molar-refractivity contribution in [2.75, 3.05) is 11.9 Å². The van der Waals surface area contributed by atoms with Crippen LogP contribution in [0.25, 0.3) is 0 Å². The third-order valence-corrected chi connectivity index (χ3v) is 3.29. The number of hydrogen-bond acceptors (Lipinski definition) is 2. The van der Waals surface area contributed by atoms with Gasteiger partial charge in [0.2, 0.25) is 0 Å². The Morgan fingerprint density at radius 2 is 1.90 bits per heavy atom. The fourth-order valence-corrected chi connectivity index (χ4v) is 2.11. The molecule has 0 saturated carbocycles. The molecule has 0 amide bonds. The van der Waals surface area contributed by atoms with Crippen molar-refractivity contribution in [3.8, 4) is 0 Å². The van der Waals surface area contributed by atoms with Gasteiger partial charge in [-0.15, -0.1) is 0 Å². The summed E-state index contributed by atoms with van der Waals surface area (Å²) in [6, 6.07) is 15.5. The van der Waals surface area contributed by atoms with Crippen LogP contribution >= 0.6 is 0 Å². The number of rotatable bonds is 6. The Morgan fingerprint density at radius 1 is 1.15 bits per heavy atom. The third kappa shape index (κ3) is 3.85. The van der Waals surface area contributed by atoms with Crippen LogP contribution in [0.4, 0.5) is 5.69 Å².